The van der Waals surface area contributed by atoms with E-state index < -0.39 is 0 Å². The number of likely N-dealkylation sites (tertiary alicyclic amines) is 1. The van der Waals surface area contributed by atoms with Gasteiger partial charge in [-0.3, -0.25) is 0 Å². The van der Waals surface area contributed by atoms with E-state index in [0.29, 0.717) is 6.61 Å². The maximum atomic E-state index is 9.89. The summed E-state index contributed by atoms with van der Waals surface area (Å²) < 4.78 is 0. The highest BCUT2D eigenvalue weighted by Gasteiger charge is 2.34. The van der Waals surface area contributed by atoms with Crippen molar-refractivity contribution in [2.45, 2.75) is 58.8 Å². The zero-order valence-corrected chi connectivity index (χ0v) is 12.3. The van der Waals surface area contributed by atoms with Crippen molar-refractivity contribution in [3.05, 3.63) is 0 Å². The van der Waals surface area contributed by atoms with Crippen molar-refractivity contribution in [1.29, 1.82) is 0 Å². The van der Waals surface area contributed by atoms with Crippen LogP contribution < -0.4 is 0 Å². The summed E-state index contributed by atoms with van der Waals surface area (Å²) in [4.78, 5) is 2.63. The summed E-state index contributed by atoms with van der Waals surface area (Å²) in [7, 11) is 0. The van der Waals surface area contributed by atoms with E-state index in [1.54, 1.807) is 0 Å². The quantitative estimate of drug-likeness (QED) is 0.780. The van der Waals surface area contributed by atoms with Crippen LogP contribution >= 0.6 is 0 Å². The van der Waals surface area contributed by atoms with Crippen LogP contribution in [-0.4, -0.2) is 36.2 Å². The summed E-state index contributed by atoms with van der Waals surface area (Å²) in [6.07, 6.45) is 9.20. The van der Waals surface area contributed by atoms with Crippen molar-refractivity contribution in [3.63, 3.8) is 0 Å². The van der Waals surface area contributed by atoms with E-state index in [9.17, 15) is 5.11 Å². The van der Waals surface area contributed by atoms with Gasteiger partial charge in [-0.25, -0.2) is 0 Å². The van der Waals surface area contributed by atoms with Crippen LogP contribution in [-0.2, 0) is 0 Å². The third kappa shape index (κ3) is 3.48. The molecule has 1 heterocycles. The SMILES string of the molecule is CC1CCN(CC2(CO)CCCCCC2)CC1C. The fraction of sp³-hybridized carbons (Fsp3) is 1.00. The highest BCUT2D eigenvalue weighted by molar-refractivity contribution is 4.86. The Morgan fingerprint density at radius 3 is 2.28 bits per heavy atom. The zero-order chi connectivity index (χ0) is 13.0. The van der Waals surface area contributed by atoms with Gasteiger partial charge in [-0.05, 0) is 37.6 Å². The van der Waals surface area contributed by atoms with Crippen molar-refractivity contribution in [1.82, 2.24) is 4.90 Å². The minimum atomic E-state index is 0.219. The van der Waals surface area contributed by atoms with Crippen LogP contribution in [0.15, 0.2) is 0 Å². The zero-order valence-electron chi connectivity index (χ0n) is 12.3. The van der Waals surface area contributed by atoms with Crippen molar-refractivity contribution in [2.75, 3.05) is 26.2 Å². The summed E-state index contributed by atoms with van der Waals surface area (Å²) in [5, 5.41) is 9.89. The lowest BCUT2D eigenvalue weighted by Gasteiger charge is -2.41. The van der Waals surface area contributed by atoms with E-state index in [-0.39, 0.29) is 5.41 Å². The smallest absolute Gasteiger partial charge is 0.0499 e. The lowest BCUT2D eigenvalue weighted by Crippen LogP contribution is -2.46. The third-order valence-corrected chi connectivity index (χ3v) is 5.48. The van der Waals surface area contributed by atoms with Gasteiger partial charge in [0.05, 0.1) is 0 Å². The molecular formula is C16H31NO. The molecule has 2 fully saturated rings. The first-order valence-corrected chi connectivity index (χ1v) is 7.98. The van der Waals surface area contributed by atoms with Crippen LogP contribution in [0.25, 0.3) is 0 Å². The topological polar surface area (TPSA) is 23.5 Å². The van der Waals surface area contributed by atoms with Crippen molar-refractivity contribution < 1.29 is 5.11 Å². The number of piperidine rings is 1. The predicted octanol–water partition coefficient (Wildman–Crippen LogP) is 3.30. The molecule has 1 saturated carbocycles. The van der Waals surface area contributed by atoms with Gasteiger partial charge in [0.1, 0.15) is 0 Å². The van der Waals surface area contributed by atoms with E-state index in [4.69, 9.17) is 0 Å². The van der Waals surface area contributed by atoms with E-state index >= 15 is 0 Å². The van der Waals surface area contributed by atoms with Gasteiger partial charge in [0.15, 0.2) is 0 Å². The fourth-order valence-electron chi connectivity index (χ4n) is 3.81. The first-order chi connectivity index (χ1) is 8.65. The van der Waals surface area contributed by atoms with Gasteiger partial charge in [-0.1, -0.05) is 39.5 Å². The molecule has 1 aliphatic carbocycles. The maximum Gasteiger partial charge on any atom is 0.0499 e. The number of aliphatic hydroxyl groups is 1. The van der Waals surface area contributed by atoms with Gasteiger partial charge in [-0.15, -0.1) is 0 Å². The van der Waals surface area contributed by atoms with Gasteiger partial charge < -0.3 is 10.0 Å². The maximum absolute atomic E-state index is 9.89. The van der Waals surface area contributed by atoms with Crippen LogP contribution in [0.1, 0.15) is 58.8 Å². The normalized spacial score (nSPS) is 34.2. The van der Waals surface area contributed by atoms with Gasteiger partial charge >= 0.3 is 0 Å². The molecule has 0 aromatic rings. The molecule has 0 amide bonds. The monoisotopic (exact) mass is 253 g/mol. The highest BCUT2D eigenvalue weighted by Crippen LogP contribution is 2.36. The second-order valence-corrected chi connectivity index (χ2v) is 7.05. The predicted molar refractivity (Wildman–Crippen MR) is 76.6 cm³/mol. The lowest BCUT2D eigenvalue weighted by molar-refractivity contribution is 0.0330. The number of nitrogens with zero attached hydrogens (tertiary/aromatic N) is 1. The lowest BCUT2D eigenvalue weighted by atomic mass is 9.79. The second-order valence-electron chi connectivity index (χ2n) is 7.05. The summed E-state index contributed by atoms with van der Waals surface area (Å²) in [6, 6.07) is 0. The molecule has 1 saturated heterocycles. The molecule has 2 nitrogen and oxygen atoms in total. The van der Waals surface area contributed by atoms with Crippen LogP contribution in [0.5, 0.6) is 0 Å². The molecule has 0 spiro atoms. The van der Waals surface area contributed by atoms with Crippen LogP contribution in [0.3, 0.4) is 0 Å². The molecule has 106 valence electrons. The van der Waals surface area contributed by atoms with Crippen LogP contribution in [0.4, 0.5) is 0 Å². The van der Waals surface area contributed by atoms with Gasteiger partial charge in [-0.2, -0.15) is 0 Å². The average Bonchev–Trinajstić information content (AvgIpc) is 2.60. The third-order valence-electron chi connectivity index (χ3n) is 5.48. The van der Waals surface area contributed by atoms with Crippen molar-refractivity contribution >= 4 is 0 Å². The largest absolute Gasteiger partial charge is 0.396 e. The van der Waals surface area contributed by atoms with E-state index in [0.717, 1.165) is 18.4 Å². The Morgan fingerprint density at radius 2 is 1.72 bits per heavy atom. The van der Waals surface area contributed by atoms with Crippen LogP contribution in [0.2, 0.25) is 0 Å². The standard InChI is InChI=1S/C16H31NO/c1-14-7-10-17(11-15(14)2)12-16(13-18)8-5-3-4-6-9-16/h14-15,18H,3-13H2,1-2H3. The number of hydrogen-bond acceptors (Lipinski definition) is 2. The summed E-state index contributed by atoms with van der Waals surface area (Å²) in [5.41, 5.74) is 0.219. The molecule has 2 unspecified atom stereocenters. The molecule has 2 rings (SSSR count). The Morgan fingerprint density at radius 1 is 1.06 bits per heavy atom. The molecular weight excluding hydrogens is 222 g/mol. The summed E-state index contributed by atoms with van der Waals surface area (Å²) in [6.45, 7) is 8.79. The molecule has 18 heavy (non-hydrogen) atoms. The minimum absolute atomic E-state index is 0.219. The Labute approximate surface area is 113 Å². The molecule has 0 bridgehead atoms. The van der Waals surface area contributed by atoms with E-state index in [1.165, 1.54) is 58.0 Å². The van der Waals surface area contributed by atoms with Crippen LogP contribution in [0, 0.1) is 17.3 Å². The Bertz CT molecular complexity index is 245. The fourth-order valence-corrected chi connectivity index (χ4v) is 3.81. The first-order valence-electron chi connectivity index (χ1n) is 7.98. The van der Waals surface area contributed by atoms with Crippen molar-refractivity contribution in [2.24, 2.45) is 17.3 Å². The Kier molecular flexibility index (Phi) is 5.08. The average molecular weight is 253 g/mol. The highest BCUT2D eigenvalue weighted by atomic mass is 16.3. The molecule has 0 aromatic carbocycles. The first kappa shape index (κ1) is 14.3. The van der Waals surface area contributed by atoms with Gasteiger partial charge in [0.2, 0.25) is 0 Å². The summed E-state index contributed by atoms with van der Waals surface area (Å²) in [5.74, 6) is 1.70. The minimum Gasteiger partial charge on any atom is -0.396 e. The van der Waals surface area contributed by atoms with Gasteiger partial charge in [0, 0.05) is 25.1 Å². The van der Waals surface area contributed by atoms with Crippen molar-refractivity contribution in [3.8, 4) is 0 Å². The van der Waals surface area contributed by atoms with Gasteiger partial charge in [0.25, 0.3) is 0 Å². The molecule has 2 heteroatoms. The Hall–Kier alpha value is -0.0800. The number of rotatable bonds is 3. The molecule has 0 radical (unpaired) electrons. The summed E-state index contributed by atoms with van der Waals surface area (Å²) >= 11 is 0. The molecule has 1 N–H and O–H groups in total. The van der Waals surface area contributed by atoms with E-state index in [2.05, 4.69) is 18.7 Å². The molecule has 2 aliphatic rings. The number of aliphatic hydroxyl groups excluding tert-OH is 1. The van der Waals surface area contributed by atoms with E-state index in [1.807, 2.05) is 0 Å². The molecule has 1 aliphatic heterocycles. The number of hydrogen-bond donors (Lipinski definition) is 1. The molecule has 0 aromatic heterocycles. The molecule has 2 atom stereocenters. The Balaban J connectivity index is 1.92. The second kappa shape index (κ2) is 6.38.